The molecule has 0 saturated heterocycles. The summed E-state index contributed by atoms with van der Waals surface area (Å²) in [5, 5.41) is 3.06. The van der Waals surface area contributed by atoms with Crippen LogP contribution >= 0.6 is 0 Å². The second-order valence-electron chi connectivity index (χ2n) is 3.76. The molecule has 1 aromatic heterocycles. The third kappa shape index (κ3) is 2.65. The highest BCUT2D eigenvalue weighted by atomic mass is 16.5. The molecule has 4 heteroatoms. The molecule has 1 heterocycles. The Kier molecular flexibility index (Phi) is 3.16. The number of hydrogen-bond acceptors (Lipinski definition) is 4. The molecule has 82 valence electrons. The van der Waals surface area contributed by atoms with E-state index in [9.17, 15) is 0 Å². The Bertz CT molecular complexity index is 337. The Morgan fingerprint density at radius 3 is 2.87 bits per heavy atom. The van der Waals surface area contributed by atoms with Crippen LogP contribution in [0.25, 0.3) is 0 Å². The highest BCUT2D eigenvalue weighted by Crippen LogP contribution is 2.39. The summed E-state index contributed by atoms with van der Waals surface area (Å²) in [5.74, 6) is 2.33. The van der Waals surface area contributed by atoms with Gasteiger partial charge in [0.05, 0.1) is 0 Å². The minimum Gasteiger partial charge on any atom is -0.374 e. The molecule has 0 bridgehead atoms. The summed E-state index contributed by atoms with van der Waals surface area (Å²) in [6.45, 7) is 3.18. The van der Waals surface area contributed by atoms with Crippen molar-refractivity contribution in [2.75, 3.05) is 19.0 Å². The third-order valence-electron chi connectivity index (χ3n) is 2.48. The van der Waals surface area contributed by atoms with Gasteiger partial charge in [0, 0.05) is 31.3 Å². The van der Waals surface area contributed by atoms with E-state index in [0.29, 0.717) is 19.1 Å². The van der Waals surface area contributed by atoms with Crippen molar-refractivity contribution in [2.24, 2.45) is 0 Å². The minimum atomic E-state index is 0.506. The maximum absolute atomic E-state index is 5.32. The van der Waals surface area contributed by atoms with Crippen LogP contribution in [-0.2, 0) is 11.3 Å². The molecule has 0 atom stereocenters. The first-order chi connectivity index (χ1) is 7.33. The van der Waals surface area contributed by atoms with Crippen LogP contribution < -0.4 is 5.32 Å². The number of nitrogens with zero attached hydrogens (tertiary/aromatic N) is 2. The van der Waals surface area contributed by atoms with Gasteiger partial charge in [0.1, 0.15) is 12.4 Å². The van der Waals surface area contributed by atoms with Gasteiger partial charge in [0.2, 0.25) is 0 Å². The zero-order valence-electron chi connectivity index (χ0n) is 9.29. The van der Waals surface area contributed by atoms with Crippen molar-refractivity contribution < 1.29 is 4.74 Å². The number of anilines is 1. The van der Waals surface area contributed by atoms with Crippen molar-refractivity contribution in [3.05, 3.63) is 17.6 Å². The quantitative estimate of drug-likeness (QED) is 0.801. The fraction of sp³-hybridized carbons (Fsp3) is 0.636. The molecular formula is C11H17N3O. The fourth-order valence-electron chi connectivity index (χ4n) is 1.49. The molecule has 1 fully saturated rings. The predicted octanol–water partition coefficient (Wildman–Crippen LogP) is 1.93. The largest absolute Gasteiger partial charge is 0.374 e. The van der Waals surface area contributed by atoms with Crippen molar-refractivity contribution >= 4 is 5.82 Å². The lowest BCUT2D eigenvalue weighted by molar-refractivity contribution is 0.128. The van der Waals surface area contributed by atoms with Crippen LogP contribution in [0.3, 0.4) is 0 Å². The summed E-state index contributed by atoms with van der Waals surface area (Å²) < 4.78 is 5.32. The zero-order valence-corrected chi connectivity index (χ0v) is 9.29. The maximum Gasteiger partial charge on any atom is 0.156 e. The summed E-state index contributed by atoms with van der Waals surface area (Å²) in [6, 6.07) is 2.03. The molecule has 1 saturated carbocycles. The van der Waals surface area contributed by atoms with E-state index >= 15 is 0 Å². The van der Waals surface area contributed by atoms with Crippen LogP contribution in [0.15, 0.2) is 6.07 Å². The van der Waals surface area contributed by atoms with Gasteiger partial charge in [-0.15, -0.1) is 0 Å². The molecule has 0 amide bonds. The molecular weight excluding hydrogens is 190 g/mol. The van der Waals surface area contributed by atoms with E-state index in [0.717, 1.165) is 17.3 Å². The van der Waals surface area contributed by atoms with Gasteiger partial charge in [-0.1, -0.05) is 0 Å². The van der Waals surface area contributed by atoms with E-state index < -0.39 is 0 Å². The second-order valence-corrected chi connectivity index (χ2v) is 3.76. The molecule has 0 spiro atoms. The zero-order chi connectivity index (χ0) is 10.7. The molecule has 15 heavy (non-hydrogen) atoms. The van der Waals surface area contributed by atoms with Gasteiger partial charge in [-0.3, -0.25) is 0 Å². The van der Waals surface area contributed by atoms with Crippen LogP contribution in [0.4, 0.5) is 5.82 Å². The number of ether oxygens (including phenoxy) is 1. The first-order valence-electron chi connectivity index (χ1n) is 5.46. The average molecular weight is 207 g/mol. The van der Waals surface area contributed by atoms with E-state index in [4.69, 9.17) is 4.74 Å². The first-order valence-corrected chi connectivity index (χ1v) is 5.46. The van der Waals surface area contributed by atoms with E-state index in [1.54, 1.807) is 0 Å². The maximum atomic E-state index is 5.32. The Hall–Kier alpha value is -1.16. The molecule has 0 radical (unpaired) electrons. The molecule has 0 aromatic carbocycles. The highest BCUT2D eigenvalue weighted by molar-refractivity contribution is 5.37. The monoisotopic (exact) mass is 207 g/mol. The fourth-order valence-corrected chi connectivity index (χ4v) is 1.49. The van der Waals surface area contributed by atoms with Crippen molar-refractivity contribution in [2.45, 2.75) is 32.3 Å². The summed E-state index contributed by atoms with van der Waals surface area (Å²) in [6.07, 6.45) is 2.52. The standard InChI is InChI=1S/C11H17N3O/c1-3-15-7-11-13-9(8-4-5-8)6-10(12-2)14-11/h6,8H,3-5,7H2,1-2H3,(H,12,13,14). The van der Waals surface area contributed by atoms with Crippen LogP contribution in [0.1, 0.15) is 37.2 Å². The normalized spacial score (nSPS) is 15.3. The van der Waals surface area contributed by atoms with Crippen LogP contribution in [0, 0.1) is 0 Å². The molecule has 0 unspecified atom stereocenters. The number of hydrogen-bond donors (Lipinski definition) is 1. The highest BCUT2D eigenvalue weighted by Gasteiger charge is 2.25. The molecule has 1 N–H and O–H groups in total. The molecule has 1 aromatic rings. The molecule has 4 nitrogen and oxygen atoms in total. The van der Waals surface area contributed by atoms with Crippen molar-refractivity contribution in [3.63, 3.8) is 0 Å². The molecule has 2 rings (SSSR count). The molecule has 1 aliphatic carbocycles. The van der Waals surface area contributed by atoms with Gasteiger partial charge in [0.15, 0.2) is 5.82 Å². The third-order valence-corrected chi connectivity index (χ3v) is 2.48. The Morgan fingerprint density at radius 1 is 1.47 bits per heavy atom. The lowest BCUT2D eigenvalue weighted by Crippen LogP contribution is -2.05. The smallest absolute Gasteiger partial charge is 0.156 e. The molecule has 1 aliphatic rings. The summed E-state index contributed by atoms with van der Waals surface area (Å²) in [7, 11) is 1.88. The Balaban J connectivity index is 2.16. The van der Waals surface area contributed by atoms with E-state index in [1.807, 2.05) is 20.0 Å². The first kappa shape index (κ1) is 10.4. The van der Waals surface area contributed by atoms with Crippen LogP contribution in [0.2, 0.25) is 0 Å². The van der Waals surface area contributed by atoms with E-state index in [-0.39, 0.29) is 0 Å². The number of nitrogens with one attached hydrogen (secondary N) is 1. The summed E-state index contributed by atoms with van der Waals surface area (Å²) >= 11 is 0. The van der Waals surface area contributed by atoms with Crippen LogP contribution in [-0.4, -0.2) is 23.6 Å². The predicted molar refractivity (Wildman–Crippen MR) is 58.9 cm³/mol. The topological polar surface area (TPSA) is 47.0 Å². The van der Waals surface area contributed by atoms with Gasteiger partial charge in [-0.2, -0.15) is 0 Å². The van der Waals surface area contributed by atoms with Crippen molar-refractivity contribution in [1.82, 2.24) is 9.97 Å². The SMILES string of the molecule is CCOCc1nc(NC)cc(C2CC2)n1. The van der Waals surface area contributed by atoms with Crippen molar-refractivity contribution in [3.8, 4) is 0 Å². The molecule has 0 aliphatic heterocycles. The summed E-state index contributed by atoms with van der Waals surface area (Å²) in [5.41, 5.74) is 1.16. The van der Waals surface area contributed by atoms with Gasteiger partial charge in [-0.05, 0) is 19.8 Å². The van der Waals surface area contributed by atoms with Gasteiger partial charge in [0.25, 0.3) is 0 Å². The second kappa shape index (κ2) is 4.57. The average Bonchev–Trinajstić information content (AvgIpc) is 3.09. The van der Waals surface area contributed by atoms with Gasteiger partial charge < -0.3 is 10.1 Å². The lowest BCUT2D eigenvalue weighted by atomic mass is 10.2. The number of aromatic nitrogens is 2. The lowest BCUT2D eigenvalue weighted by Gasteiger charge is -2.06. The van der Waals surface area contributed by atoms with Crippen LogP contribution in [0.5, 0.6) is 0 Å². The van der Waals surface area contributed by atoms with Crippen molar-refractivity contribution in [1.29, 1.82) is 0 Å². The Morgan fingerprint density at radius 2 is 2.27 bits per heavy atom. The van der Waals surface area contributed by atoms with Gasteiger partial charge in [-0.25, -0.2) is 9.97 Å². The summed E-state index contributed by atoms with van der Waals surface area (Å²) in [4.78, 5) is 8.86. The number of rotatable bonds is 5. The Labute approximate surface area is 90.1 Å². The minimum absolute atomic E-state index is 0.506. The van der Waals surface area contributed by atoms with E-state index in [1.165, 1.54) is 12.8 Å². The van der Waals surface area contributed by atoms with Gasteiger partial charge >= 0.3 is 0 Å². The van der Waals surface area contributed by atoms with E-state index in [2.05, 4.69) is 15.3 Å².